The number of fused-ring (bicyclic) bond motifs is 1. The summed E-state index contributed by atoms with van der Waals surface area (Å²) in [4.78, 5) is 20.2. The lowest BCUT2D eigenvalue weighted by molar-refractivity contribution is 0.0708. The van der Waals surface area contributed by atoms with Gasteiger partial charge in [-0.1, -0.05) is 0 Å². The fraction of sp³-hybridized carbons (Fsp3) is 0.407. The van der Waals surface area contributed by atoms with Gasteiger partial charge in [-0.3, -0.25) is 4.79 Å². The molecule has 0 bridgehead atoms. The fourth-order valence-corrected chi connectivity index (χ4v) is 5.68. The van der Waals surface area contributed by atoms with E-state index in [2.05, 4.69) is 9.13 Å². The van der Waals surface area contributed by atoms with Gasteiger partial charge in [0.2, 0.25) is 0 Å². The van der Waals surface area contributed by atoms with E-state index in [1.165, 1.54) is 18.9 Å². The first-order chi connectivity index (χ1) is 17.0. The van der Waals surface area contributed by atoms with Crippen molar-refractivity contribution < 1.29 is 13.9 Å². The van der Waals surface area contributed by atoms with Crippen molar-refractivity contribution in [2.75, 3.05) is 19.7 Å². The summed E-state index contributed by atoms with van der Waals surface area (Å²) < 4.78 is 24.5. The average Bonchev–Trinajstić information content (AvgIpc) is 3.51. The Hall–Kier alpha value is -3.39. The number of benzene rings is 2. The zero-order chi connectivity index (χ0) is 23.7. The number of aromatic nitrogens is 3. The first kappa shape index (κ1) is 20.9. The van der Waals surface area contributed by atoms with Crippen molar-refractivity contribution in [2.24, 2.45) is 11.7 Å². The molecule has 4 heterocycles. The first-order valence-corrected chi connectivity index (χ1v) is 12.6. The highest BCUT2D eigenvalue weighted by Gasteiger charge is 2.29. The van der Waals surface area contributed by atoms with Crippen molar-refractivity contribution in [3.63, 3.8) is 0 Å². The van der Waals surface area contributed by atoms with Crippen molar-refractivity contribution in [3.8, 4) is 17.3 Å². The minimum atomic E-state index is -0.237. The molecule has 1 amide bonds. The molecule has 2 aliphatic heterocycles. The SMILES string of the molecule is NC1CCCN(C(=O)c2cc3c4c(c2)nc(-c2cc5cc(F)ccc5n2CC2CC2)n4CCO3)C1. The Morgan fingerprint density at radius 3 is 2.86 bits per heavy atom. The molecule has 35 heavy (non-hydrogen) atoms. The molecule has 7 nitrogen and oxygen atoms in total. The first-order valence-electron chi connectivity index (χ1n) is 12.6. The summed E-state index contributed by atoms with van der Waals surface area (Å²) >= 11 is 0. The van der Waals surface area contributed by atoms with Gasteiger partial charge in [0.25, 0.3) is 5.91 Å². The van der Waals surface area contributed by atoms with Gasteiger partial charge in [-0.2, -0.15) is 0 Å². The van der Waals surface area contributed by atoms with Crippen molar-refractivity contribution >= 4 is 27.8 Å². The van der Waals surface area contributed by atoms with Crippen LogP contribution in [0, 0.1) is 11.7 Å². The highest BCUT2D eigenvalue weighted by molar-refractivity contribution is 6.00. The number of likely N-dealkylation sites (tertiary alicyclic amines) is 1. The minimum Gasteiger partial charge on any atom is -0.489 e. The van der Waals surface area contributed by atoms with Crippen LogP contribution in [0.25, 0.3) is 33.5 Å². The van der Waals surface area contributed by atoms with E-state index in [1.54, 1.807) is 6.07 Å². The van der Waals surface area contributed by atoms with E-state index in [-0.39, 0.29) is 17.8 Å². The largest absolute Gasteiger partial charge is 0.489 e. The second kappa shape index (κ2) is 7.81. The molecule has 2 aromatic carbocycles. The van der Waals surface area contributed by atoms with Gasteiger partial charge in [0.1, 0.15) is 23.7 Å². The number of carbonyl (C=O) groups is 1. The molecule has 1 saturated heterocycles. The molecule has 2 aromatic heterocycles. The molecule has 0 radical (unpaired) electrons. The lowest BCUT2D eigenvalue weighted by atomic mass is 10.0. The smallest absolute Gasteiger partial charge is 0.254 e. The van der Waals surface area contributed by atoms with Gasteiger partial charge in [-0.05, 0) is 68.0 Å². The van der Waals surface area contributed by atoms with Crippen molar-refractivity contribution in [1.82, 2.24) is 19.0 Å². The lowest BCUT2D eigenvalue weighted by Gasteiger charge is -2.31. The number of amides is 1. The molecule has 4 aromatic rings. The fourth-order valence-electron chi connectivity index (χ4n) is 5.68. The predicted octanol–water partition coefficient (Wildman–Crippen LogP) is 4.16. The van der Waals surface area contributed by atoms with E-state index in [0.29, 0.717) is 36.9 Å². The van der Waals surface area contributed by atoms with Gasteiger partial charge in [0, 0.05) is 42.1 Å². The summed E-state index contributed by atoms with van der Waals surface area (Å²) in [5, 5.41) is 0.880. The van der Waals surface area contributed by atoms with Gasteiger partial charge < -0.3 is 24.5 Å². The lowest BCUT2D eigenvalue weighted by Crippen LogP contribution is -2.45. The Bertz CT molecular complexity index is 1480. The monoisotopic (exact) mass is 473 g/mol. The summed E-state index contributed by atoms with van der Waals surface area (Å²) in [6.45, 7) is 3.38. The van der Waals surface area contributed by atoms with Crippen LogP contribution in [0.2, 0.25) is 0 Å². The van der Waals surface area contributed by atoms with Crippen LogP contribution in [0.4, 0.5) is 4.39 Å². The van der Waals surface area contributed by atoms with Crippen LogP contribution in [-0.2, 0) is 13.1 Å². The van der Waals surface area contributed by atoms with Gasteiger partial charge in [0.05, 0.1) is 17.8 Å². The molecule has 1 saturated carbocycles. The van der Waals surface area contributed by atoms with E-state index in [4.69, 9.17) is 15.5 Å². The molecule has 0 spiro atoms. The summed E-state index contributed by atoms with van der Waals surface area (Å²) in [5.74, 6) is 1.92. The molecule has 2 fully saturated rings. The van der Waals surface area contributed by atoms with E-state index < -0.39 is 0 Å². The number of piperidine rings is 1. The second-order valence-electron chi connectivity index (χ2n) is 10.2. The van der Waals surface area contributed by atoms with Gasteiger partial charge in [0.15, 0.2) is 5.82 Å². The number of hydrogen-bond acceptors (Lipinski definition) is 4. The van der Waals surface area contributed by atoms with Crippen LogP contribution in [-0.4, -0.2) is 50.7 Å². The Morgan fingerprint density at radius 1 is 1.14 bits per heavy atom. The second-order valence-corrected chi connectivity index (χ2v) is 10.2. The zero-order valence-corrected chi connectivity index (χ0v) is 19.5. The van der Waals surface area contributed by atoms with Crippen molar-refractivity contribution in [2.45, 2.75) is 44.8 Å². The average molecular weight is 474 g/mol. The summed E-state index contributed by atoms with van der Waals surface area (Å²) in [6.07, 6.45) is 4.31. The molecule has 7 rings (SSSR count). The summed E-state index contributed by atoms with van der Waals surface area (Å²) in [7, 11) is 0. The number of hydrogen-bond donors (Lipinski definition) is 1. The normalized spacial score (nSPS) is 19.9. The van der Waals surface area contributed by atoms with Crippen molar-refractivity contribution in [3.05, 3.63) is 47.8 Å². The molecule has 1 atom stereocenters. The molecule has 1 unspecified atom stereocenters. The Morgan fingerprint density at radius 2 is 2.03 bits per heavy atom. The molecular weight excluding hydrogens is 445 g/mol. The van der Waals surface area contributed by atoms with E-state index in [1.807, 2.05) is 29.2 Å². The zero-order valence-electron chi connectivity index (χ0n) is 19.5. The van der Waals surface area contributed by atoms with Crippen LogP contribution < -0.4 is 10.5 Å². The van der Waals surface area contributed by atoms with E-state index >= 15 is 0 Å². The van der Waals surface area contributed by atoms with E-state index in [9.17, 15) is 9.18 Å². The highest BCUT2D eigenvalue weighted by Crippen LogP contribution is 2.39. The molecule has 2 N–H and O–H groups in total. The maximum absolute atomic E-state index is 14.0. The third kappa shape index (κ3) is 3.50. The summed E-state index contributed by atoms with van der Waals surface area (Å²) in [5.41, 5.74) is 10.4. The Balaban J connectivity index is 1.37. The van der Waals surface area contributed by atoms with Crippen LogP contribution >= 0.6 is 0 Å². The molecule has 8 heteroatoms. The molecule has 1 aliphatic carbocycles. The number of nitrogens with two attached hydrogens (primary N) is 1. The number of ether oxygens (including phenoxy) is 1. The molecular formula is C27H28FN5O2. The minimum absolute atomic E-state index is 0.0232. The van der Waals surface area contributed by atoms with Gasteiger partial charge in [-0.15, -0.1) is 0 Å². The molecule has 180 valence electrons. The number of imidazole rings is 1. The van der Waals surface area contributed by atoms with Crippen LogP contribution in [0.5, 0.6) is 5.75 Å². The standard InChI is InChI=1S/C27H28FN5O2/c28-19-5-6-22-17(10-19)12-23(33(22)14-16-3-4-16)26-30-21-11-18(13-24-25(21)32(26)8-9-35-24)27(34)31-7-1-2-20(29)15-31/h5-6,10-13,16,20H,1-4,7-9,14-15,29H2. The van der Waals surface area contributed by atoms with Crippen LogP contribution in [0.1, 0.15) is 36.0 Å². The Kier molecular flexibility index (Phi) is 4.67. The van der Waals surface area contributed by atoms with Gasteiger partial charge in [-0.25, -0.2) is 9.37 Å². The number of nitrogens with zero attached hydrogens (tertiary/aromatic N) is 4. The van der Waals surface area contributed by atoms with Crippen LogP contribution in [0.15, 0.2) is 36.4 Å². The third-order valence-corrected chi connectivity index (χ3v) is 7.60. The maximum atomic E-state index is 14.0. The van der Waals surface area contributed by atoms with Crippen LogP contribution in [0.3, 0.4) is 0 Å². The third-order valence-electron chi connectivity index (χ3n) is 7.60. The maximum Gasteiger partial charge on any atom is 0.254 e. The highest BCUT2D eigenvalue weighted by atomic mass is 19.1. The number of carbonyl (C=O) groups excluding carboxylic acids is 1. The Labute approximate surface area is 202 Å². The number of rotatable bonds is 4. The summed E-state index contributed by atoms with van der Waals surface area (Å²) in [6, 6.07) is 10.8. The van der Waals surface area contributed by atoms with Gasteiger partial charge >= 0.3 is 0 Å². The van der Waals surface area contributed by atoms with E-state index in [0.717, 1.165) is 59.4 Å². The molecule has 3 aliphatic rings. The topological polar surface area (TPSA) is 78.3 Å². The quantitative estimate of drug-likeness (QED) is 0.483. The number of halogens is 1. The van der Waals surface area contributed by atoms with Crippen molar-refractivity contribution in [1.29, 1.82) is 0 Å². The predicted molar refractivity (Wildman–Crippen MR) is 132 cm³/mol.